The van der Waals surface area contributed by atoms with E-state index in [2.05, 4.69) is 9.88 Å². The van der Waals surface area contributed by atoms with Crippen LogP contribution in [0.25, 0.3) is 10.9 Å². The van der Waals surface area contributed by atoms with Gasteiger partial charge in [-0.1, -0.05) is 29.8 Å². The van der Waals surface area contributed by atoms with E-state index in [4.69, 9.17) is 11.6 Å². The van der Waals surface area contributed by atoms with Gasteiger partial charge in [0, 0.05) is 66.8 Å². The third-order valence-corrected chi connectivity index (χ3v) is 6.67. The Bertz CT molecular complexity index is 1070. The maximum Gasteiger partial charge on any atom is 0.270 e. The highest BCUT2D eigenvalue weighted by Gasteiger charge is 2.33. The lowest BCUT2D eigenvalue weighted by Crippen LogP contribution is -2.52. The number of fused-ring (bicyclic) bond motifs is 1. The highest BCUT2D eigenvalue weighted by molar-refractivity contribution is 6.30. The van der Waals surface area contributed by atoms with E-state index in [1.807, 2.05) is 40.1 Å². The van der Waals surface area contributed by atoms with E-state index in [1.54, 1.807) is 24.3 Å². The second kappa shape index (κ2) is 8.36. The summed E-state index contributed by atoms with van der Waals surface area (Å²) in [7, 11) is 0. The molecule has 2 aliphatic heterocycles. The summed E-state index contributed by atoms with van der Waals surface area (Å²) in [6.45, 7) is 4.57. The predicted molar refractivity (Wildman–Crippen MR) is 122 cm³/mol. The molecule has 2 aliphatic rings. The van der Waals surface area contributed by atoms with Gasteiger partial charge in [0.1, 0.15) is 5.69 Å². The number of likely N-dealkylation sites (tertiary alicyclic amines) is 1. The van der Waals surface area contributed by atoms with Crippen LogP contribution in [-0.2, 0) is 0 Å². The zero-order valence-electron chi connectivity index (χ0n) is 17.3. The Labute approximate surface area is 186 Å². The number of carbonyl (C=O) groups is 2. The van der Waals surface area contributed by atoms with Gasteiger partial charge >= 0.3 is 0 Å². The predicted octanol–water partition coefficient (Wildman–Crippen LogP) is 3.49. The van der Waals surface area contributed by atoms with Crippen LogP contribution in [0.5, 0.6) is 0 Å². The molecule has 1 atom stereocenters. The first-order valence-electron chi connectivity index (χ1n) is 10.7. The molecule has 0 saturated carbocycles. The second-order valence-corrected chi connectivity index (χ2v) is 8.74. The standard InChI is InChI=1S/C24H25ClN4O2/c25-19-7-5-17(6-8-19)23(30)28-13-11-27(12-14-28)20-9-10-29(16-20)24(31)22-15-18-3-1-2-4-21(18)26-22/h1-8,15,20,26H,9-14,16H2. The van der Waals surface area contributed by atoms with Gasteiger partial charge in [-0.15, -0.1) is 0 Å². The summed E-state index contributed by atoms with van der Waals surface area (Å²) >= 11 is 5.93. The van der Waals surface area contributed by atoms with Crippen molar-refractivity contribution in [2.75, 3.05) is 39.3 Å². The highest BCUT2D eigenvalue weighted by Crippen LogP contribution is 2.22. The number of aromatic amines is 1. The van der Waals surface area contributed by atoms with E-state index in [9.17, 15) is 9.59 Å². The lowest BCUT2D eigenvalue weighted by molar-refractivity contribution is 0.0568. The summed E-state index contributed by atoms with van der Waals surface area (Å²) < 4.78 is 0. The zero-order chi connectivity index (χ0) is 21.4. The van der Waals surface area contributed by atoms with Crippen LogP contribution in [-0.4, -0.2) is 76.8 Å². The summed E-state index contributed by atoms with van der Waals surface area (Å²) in [4.78, 5) is 35.2. The van der Waals surface area contributed by atoms with Crippen molar-refractivity contribution >= 4 is 34.3 Å². The van der Waals surface area contributed by atoms with Crippen LogP contribution in [0.4, 0.5) is 0 Å². The van der Waals surface area contributed by atoms with Crippen LogP contribution in [0.1, 0.15) is 27.3 Å². The number of benzene rings is 2. The fourth-order valence-electron chi connectivity index (χ4n) is 4.65. The third kappa shape index (κ3) is 4.05. The molecule has 2 amide bonds. The quantitative estimate of drug-likeness (QED) is 0.683. The molecule has 0 aliphatic carbocycles. The summed E-state index contributed by atoms with van der Waals surface area (Å²) in [5, 5.41) is 1.69. The van der Waals surface area contributed by atoms with Crippen molar-refractivity contribution in [2.24, 2.45) is 0 Å². The minimum atomic E-state index is 0.0540. The van der Waals surface area contributed by atoms with Gasteiger partial charge in [0.2, 0.25) is 0 Å². The summed E-state index contributed by atoms with van der Waals surface area (Å²) in [6.07, 6.45) is 0.969. The number of aromatic nitrogens is 1. The number of hydrogen-bond acceptors (Lipinski definition) is 3. The van der Waals surface area contributed by atoms with Gasteiger partial charge in [0.25, 0.3) is 11.8 Å². The molecule has 1 N–H and O–H groups in total. The van der Waals surface area contributed by atoms with Crippen molar-refractivity contribution in [3.8, 4) is 0 Å². The fourth-order valence-corrected chi connectivity index (χ4v) is 4.77. The topological polar surface area (TPSA) is 59.7 Å². The Balaban J connectivity index is 1.17. The Morgan fingerprint density at radius 3 is 2.35 bits per heavy atom. The first kappa shape index (κ1) is 20.1. The molecule has 0 radical (unpaired) electrons. The van der Waals surface area contributed by atoms with Crippen LogP contribution in [0, 0.1) is 0 Å². The Morgan fingerprint density at radius 1 is 0.871 bits per heavy atom. The first-order chi connectivity index (χ1) is 15.1. The molecular weight excluding hydrogens is 412 g/mol. The SMILES string of the molecule is O=C(c1ccc(Cl)cc1)N1CCN(C2CCN(C(=O)c3cc4ccccc4[nH]3)C2)CC1. The lowest BCUT2D eigenvalue weighted by atomic mass is 10.1. The first-order valence-corrected chi connectivity index (χ1v) is 11.1. The molecule has 1 aromatic heterocycles. The second-order valence-electron chi connectivity index (χ2n) is 8.30. The summed E-state index contributed by atoms with van der Waals surface area (Å²) in [5.41, 5.74) is 2.32. The molecule has 5 rings (SSSR count). The molecule has 2 saturated heterocycles. The van der Waals surface area contributed by atoms with Gasteiger partial charge < -0.3 is 14.8 Å². The molecule has 7 heteroatoms. The zero-order valence-corrected chi connectivity index (χ0v) is 18.0. The molecule has 6 nitrogen and oxygen atoms in total. The number of rotatable bonds is 3. The molecule has 160 valence electrons. The maximum absolute atomic E-state index is 13.0. The van der Waals surface area contributed by atoms with Crippen molar-refractivity contribution in [3.63, 3.8) is 0 Å². The van der Waals surface area contributed by atoms with Gasteiger partial charge in [-0.05, 0) is 42.8 Å². The average Bonchev–Trinajstić information content (AvgIpc) is 3.46. The number of nitrogens with one attached hydrogen (secondary N) is 1. The third-order valence-electron chi connectivity index (χ3n) is 6.42. The number of carbonyl (C=O) groups excluding carboxylic acids is 2. The van der Waals surface area contributed by atoms with Crippen molar-refractivity contribution in [2.45, 2.75) is 12.5 Å². The van der Waals surface area contributed by atoms with Gasteiger partial charge in [0.05, 0.1) is 0 Å². The number of halogens is 1. The number of amides is 2. The number of para-hydroxylation sites is 1. The van der Waals surface area contributed by atoms with E-state index >= 15 is 0 Å². The lowest BCUT2D eigenvalue weighted by Gasteiger charge is -2.38. The molecule has 0 bridgehead atoms. The van der Waals surface area contributed by atoms with Gasteiger partial charge in [-0.3, -0.25) is 14.5 Å². The van der Waals surface area contributed by atoms with Gasteiger partial charge in [-0.25, -0.2) is 0 Å². The van der Waals surface area contributed by atoms with Crippen molar-refractivity contribution in [3.05, 3.63) is 70.9 Å². The summed E-state index contributed by atoms with van der Waals surface area (Å²) in [6, 6.07) is 17.3. The molecule has 31 heavy (non-hydrogen) atoms. The number of H-pyrrole nitrogens is 1. The minimum absolute atomic E-state index is 0.0540. The van der Waals surface area contributed by atoms with Crippen LogP contribution >= 0.6 is 11.6 Å². The largest absolute Gasteiger partial charge is 0.351 e. The van der Waals surface area contributed by atoms with Crippen LogP contribution < -0.4 is 0 Å². The molecule has 3 aromatic rings. The maximum atomic E-state index is 13.0. The minimum Gasteiger partial charge on any atom is -0.351 e. The number of hydrogen-bond donors (Lipinski definition) is 1. The van der Waals surface area contributed by atoms with E-state index in [0.717, 1.165) is 43.5 Å². The Hall–Kier alpha value is -2.83. The smallest absolute Gasteiger partial charge is 0.270 e. The van der Waals surface area contributed by atoms with E-state index in [0.29, 0.717) is 35.4 Å². The number of piperazine rings is 1. The van der Waals surface area contributed by atoms with Crippen LogP contribution in [0.3, 0.4) is 0 Å². The molecule has 2 fully saturated rings. The van der Waals surface area contributed by atoms with Crippen molar-refractivity contribution < 1.29 is 9.59 Å². The molecule has 1 unspecified atom stereocenters. The van der Waals surface area contributed by atoms with E-state index in [1.165, 1.54) is 0 Å². The molecule has 3 heterocycles. The van der Waals surface area contributed by atoms with E-state index < -0.39 is 0 Å². The normalized spacial score (nSPS) is 19.8. The van der Waals surface area contributed by atoms with Crippen LogP contribution in [0.15, 0.2) is 54.6 Å². The Morgan fingerprint density at radius 2 is 1.61 bits per heavy atom. The van der Waals surface area contributed by atoms with Gasteiger partial charge in [-0.2, -0.15) is 0 Å². The molecular formula is C24H25ClN4O2. The van der Waals surface area contributed by atoms with Crippen molar-refractivity contribution in [1.29, 1.82) is 0 Å². The average molecular weight is 437 g/mol. The Kier molecular flexibility index (Phi) is 5.42. The van der Waals surface area contributed by atoms with E-state index in [-0.39, 0.29) is 11.8 Å². The van der Waals surface area contributed by atoms with Crippen LogP contribution in [0.2, 0.25) is 5.02 Å². The monoisotopic (exact) mass is 436 g/mol. The number of nitrogens with zero attached hydrogens (tertiary/aromatic N) is 3. The summed E-state index contributed by atoms with van der Waals surface area (Å²) in [5.74, 6) is 0.119. The van der Waals surface area contributed by atoms with Crippen molar-refractivity contribution in [1.82, 2.24) is 19.7 Å². The molecule has 2 aromatic carbocycles. The fraction of sp³-hybridized carbons (Fsp3) is 0.333. The van der Waals surface area contributed by atoms with Gasteiger partial charge in [0.15, 0.2) is 0 Å². The highest BCUT2D eigenvalue weighted by atomic mass is 35.5. The molecule has 0 spiro atoms.